The molecule has 0 spiro atoms. The molecule has 1 saturated heterocycles. The van der Waals surface area contributed by atoms with Gasteiger partial charge in [-0.2, -0.15) is 0 Å². The molecule has 0 aromatic heterocycles. The fourth-order valence-corrected chi connectivity index (χ4v) is 2.96. The van der Waals surface area contributed by atoms with Gasteiger partial charge in [-0.1, -0.05) is 29.8 Å². The summed E-state index contributed by atoms with van der Waals surface area (Å²) in [5.41, 5.74) is 4.49. The molecular formula is C19H24O2. The van der Waals surface area contributed by atoms with E-state index in [2.05, 4.69) is 36.4 Å². The second kappa shape index (κ2) is 6.95. The van der Waals surface area contributed by atoms with Crippen molar-refractivity contribution in [2.24, 2.45) is 0 Å². The maximum Gasteiger partial charge on any atom is 0.114 e. The topological polar surface area (TPSA) is 21.8 Å². The monoisotopic (exact) mass is 284 g/mol. The first-order valence-electron chi connectivity index (χ1n) is 7.97. The predicted octanol–water partition coefficient (Wildman–Crippen LogP) is 4.20. The van der Waals surface area contributed by atoms with Crippen molar-refractivity contribution in [3.05, 3.63) is 58.9 Å². The highest BCUT2D eigenvalue weighted by atomic mass is 16.6. The number of hydrogen-bond acceptors (Lipinski definition) is 2. The summed E-state index contributed by atoms with van der Waals surface area (Å²) < 4.78 is 10.7. The Hall–Kier alpha value is -1.54. The van der Waals surface area contributed by atoms with Crippen LogP contribution in [0.4, 0.5) is 0 Å². The second-order valence-corrected chi connectivity index (χ2v) is 5.91. The molecule has 0 saturated carbocycles. The van der Waals surface area contributed by atoms with E-state index >= 15 is 0 Å². The molecule has 0 unspecified atom stereocenters. The minimum atomic E-state index is 0.522. The van der Waals surface area contributed by atoms with Crippen molar-refractivity contribution in [3.8, 4) is 0 Å². The third-order valence-electron chi connectivity index (χ3n) is 4.36. The molecule has 112 valence electrons. The first-order valence-corrected chi connectivity index (χ1v) is 7.97. The largest absolute Gasteiger partial charge is 0.497 e. The van der Waals surface area contributed by atoms with Gasteiger partial charge in [0.25, 0.3) is 0 Å². The Kier molecular flexibility index (Phi) is 4.76. The number of benzene rings is 1. The van der Waals surface area contributed by atoms with Crippen molar-refractivity contribution in [1.29, 1.82) is 0 Å². The SMILES string of the molecule is COC1=CCCC(CCc2ccccc2CC[C@H]2CO2)=C1. The minimum Gasteiger partial charge on any atom is -0.497 e. The Morgan fingerprint density at radius 2 is 1.90 bits per heavy atom. The van der Waals surface area contributed by atoms with Gasteiger partial charge in [0.1, 0.15) is 5.76 Å². The van der Waals surface area contributed by atoms with Gasteiger partial charge in [0.05, 0.1) is 19.8 Å². The molecule has 3 rings (SSSR count). The molecule has 1 aromatic rings. The number of rotatable bonds is 7. The van der Waals surface area contributed by atoms with E-state index in [4.69, 9.17) is 9.47 Å². The van der Waals surface area contributed by atoms with E-state index in [-0.39, 0.29) is 0 Å². The summed E-state index contributed by atoms with van der Waals surface area (Å²) in [5.74, 6) is 1.02. The van der Waals surface area contributed by atoms with Crippen LogP contribution in [0.5, 0.6) is 0 Å². The van der Waals surface area contributed by atoms with E-state index in [1.165, 1.54) is 23.1 Å². The van der Waals surface area contributed by atoms with Crippen LogP contribution in [0.3, 0.4) is 0 Å². The average molecular weight is 284 g/mol. The molecule has 1 aliphatic heterocycles. The molecule has 21 heavy (non-hydrogen) atoms. The van der Waals surface area contributed by atoms with Gasteiger partial charge < -0.3 is 9.47 Å². The van der Waals surface area contributed by atoms with Crippen LogP contribution < -0.4 is 0 Å². The van der Waals surface area contributed by atoms with Gasteiger partial charge in [0.2, 0.25) is 0 Å². The lowest BCUT2D eigenvalue weighted by Crippen LogP contribution is -2.00. The van der Waals surface area contributed by atoms with E-state index in [1.807, 2.05) is 0 Å². The third kappa shape index (κ3) is 4.21. The fourth-order valence-electron chi connectivity index (χ4n) is 2.96. The lowest BCUT2D eigenvalue weighted by atomic mass is 9.93. The predicted molar refractivity (Wildman–Crippen MR) is 85.2 cm³/mol. The molecule has 0 amide bonds. The maximum atomic E-state index is 5.34. The Bertz CT molecular complexity index is 538. The van der Waals surface area contributed by atoms with Gasteiger partial charge in [-0.15, -0.1) is 0 Å². The Balaban J connectivity index is 1.59. The summed E-state index contributed by atoms with van der Waals surface area (Å²) >= 11 is 0. The number of allylic oxidation sites excluding steroid dienone is 3. The van der Waals surface area contributed by atoms with Crippen molar-refractivity contribution in [2.75, 3.05) is 13.7 Å². The van der Waals surface area contributed by atoms with E-state index in [0.717, 1.165) is 44.5 Å². The van der Waals surface area contributed by atoms with Crippen molar-refractivity contribution >= 4 is 0 Å². The highest BCUT2D eigenvalue weighted by Gasteiger charge is 2.22. The number of methoxy groups -OCH3 is 1. The first kappa shape index (κ1) is 14.4. The zero-order chi connectivity index (χ0) is 14.5. The summed E-state index contributed by atoms with van der Waals surface area (Å²) in [6.45, 7) is 0.960. The van der Waals surface area contributed by atoms with E-state index < -0.39 is 0 Å². The lowest BCUT2D eigenvalue weighted by Gasteiger charge is -2.14. The van der Waals surface area contributed by atoms with Crippen LogP contribution in [0.15, 0.2) is 47.7 Å². The van der Waals surface area contributed by atoms with Crippen molar-refractivity contribution in [3.63, 3.8) is 0 Å². The quantitative estimate of drug-likeness (QED) is 0.700. The van der Waals surface area contributed by atoms with Crippen LogP contribution in [-0.4, -0.2) is 19.8 Å². The van der Waals surface area contributed by atoms with E-state index in [1.54, 1.807) is 7.11 Å². The van der Waals surface area contributed by atoms with Gasteiger partial charge in [0.15, 0.2) is 0 Å². The second-order valence-electron chi connectivity index (χ2n) is 5.91. The molecule has 0 N–H and O–H groups in total. The molecule has 2 heteroatoms. The summed E-state index contributed by atoms with van der Waals surface area (Å²) in [5, 5.41) is 0. The Labute approximate surface area is 127 Å². The summed E-state index contributed by atoms with van der Waals surface area (Å²) in [7, 11) is 1.75. The van der Waals surface area contributed by atoms with Crippen LogP contribution in [0.2, 0.25) is 0 Å². The average Bonchev–Trinajstić information content (AvgIpc) is 3.36. The van der Waals surface area contributed by atoms with Crippen LogP contribution in [0.1, 0.15) is 36.8 Å². The molecule has 2 aliphatic rings. The van der Waals surface area contributed by atoms with Crippen LogP contribution in [-0.2, 0) is 22.3 Å². The van der Waals surface area contributed by atoms with Crippen molar-refractivity contribution in [1.82, 2.24) is 0 Å². The third-order valence-corrected chi connectivity index (χ3v) is 4.36. The zero-order valence-corrected chi connectivity index (χ0v) is 12.8. The molecule has 0 radical (unpaired) electrons. The smallest absolute Gasteiger partial charge is 0.114 e. The van der Waals surface area contributed by atoms with Gasteiger partial charge >= 0.3 is 0 Å². The van der Waals surface area contributed by atoms with Gasteiger partial charge in [-0.25, -0.2) is 0 Å². The van der Waals surface area contributed by atoms with Crippen LogP contribution in [0.25, 0.3) is 0 Å². The van der Waals surface area contributed by atoms with Crippen LogP contribution in [0, 0.1) is 0 Å². The van der Waals surface area contributed by atoms with Crippen LogP contribution >= 0.6 is 0 Å². The molecule has 1 aliphatic carbocycles. The standard InChI is InChI=1S/C19H24O2/c1-20-18-8-4-5-15(13-18)9-10-16-6-2-3-7-17(16)11-12-19-14-21-19/h2-3,6-8,13,19H,4-5,9-12,14H2,1H3/t19-/m0/s1. The summed E-state index contributed by atoms with van der Waals surface area (Å²) in [4.78, 5) is 0. The Morgan fingerprint density at radius 1 is 1.14 bits per heavy atom. The number of epoxide rings is 1. The normalized spacial score (nSPS) is 20.7. The molecule has 0 bridgehead atoms. The number of hydrogen-bond donors (Lipinski definition) is 0. The first-order chi connectivity index (χ1) is 10.3. The van der Waals surface area contributed by atoms with E-state index in [9.17, 15) is 0 Å². The number of ether oxygens (including phenoxy) is 2. The lowest BCUT2D eigenvalue weighted by molar-refractivity contribution is 0.302. The van der Waals surface area contributed by atoms with Gasteiger partial charge in [-0.3, -0.25) is 0 Å². The molecule has 1 fully saturated rings. The maximum absolute atomic E-state index is 5.34. The Morgan fingerprint density at radius 3 is 2.62 bits per heavy atom. The van der Waals surface area contributed by atoms with Gasteiger partial charge in [0, 0.05) is 0 Å². The summed E-state index contributed by atoms with van der Waals surface area (Å²) in [6, 6.07) is 8.85. The summed E-state index contributed by atoms with van der Waals surface area (Å²) in [6.07, 6.45) is 11.8. The molecule has 2 nitrogen and oxygen atoms in total. The minimum absolute atomic E-state index is 0.522. The van der Waals surface area contributed by atoms with Crippen molar-refractivity contribution in [2.45, 2.75) is 44.6 Å². The van der Waals surface area contributed by atoms with E-state index in [0.29, 0.717) is 6.10 Å². The highest BCUT2D eigenvalue weighted by molar-refractivity contribution is 5.30. The fraction of sp³-hybridized carbons (Fsp3) is 0.474. The molecular weight excluding hydrogens is 260 g/mol. The highest BCUT2D eigenvalue weighted by Crippen LogP contribution is 2.24. The zero-order valence-electron chi connectivity index (χ0n) is 12.8. The number of aryl methyl sites for hydroxylation is 2. The van der Waals surface area contributed by atoms with Crippen molar-refractivity contribution < 1.29 is 9.47 Å². The molecule has 1 atom stereocenters. The molecule has 1 aromatic carbocycles. The molecule has 1 heterocycles. The van der Waals surface area contributed by atoms with Gasteiger partial charge in [-0.05, 0) is 61.8 Å².